The van der Waals surface area contributed by atoms with Crippen LogP contribution in [-0.2, 0) is 11.4 Å². The Bertz CT molecular complexity index is 1430. The fraction of sp³-hybridized carbons (Fsp3) is 0.0370. The molecule has 168 valence electrons. The molecule has 1 fully saturated rings. The predicted molar refractivity (Wildman–Crippen MR) is 157 cm³/mol. The summed E-state index contributed by atoms with van der Waals surface area (Å²) in [6, 6.07) is 28.0. The van der Waals surface area contributed by atoms with Crippen molar-refractivity contribution in [2.24, 2.45) is 0 Å². The van der Waals surface area contributed by atoms with Gasteiger partial charge < -0.3 is 4.74 Å². The minimum Gasteiger partial charge on any atom is -0.487 e. The third kappa shape index (κ3) is 4.79. The van der Waals surface area contributed by atoms with E-state index in [-0.39, 0.29) is 5.91 Å². The molecule has 0 aliphatic carbocycles. The van der Waals surface area contributed by atoms with Gasteiger partial charge in [-0.05, 0) is 90.8 Å². The number of benzene rings is 4. The van der Waals surface area contributed by atoms with E-state index in [0.29, 0.717) is 15.8 Å². The van der Waals surface area contributed by atoms with E-state index in [1.165, 1.54) is 22.5 Å². The molecule has 0 unspecified atom stereocenters. The number of halogens is 2. The first-order chi connectivity index (χ1) is 16.5. The zero-order valence-electron chi connectivity index (χ0n) is 17.7. The van der Waals surface area contributed by atoms with Crippen LogP contribution in [0.15, 0.2) is 94.3 Å². The number of thiocarbonyl (C=S) groups is 1. The Morgan fingerprint density at radius 2 is 1.74 bits per heavy atom. The zero-order chi connectivity index (χ0) is 23.7. The highest BCUT2D eigenvalue weighted by Gasteiger charge is 2.33. The first kappa shape index (κ1) is 23.5. The number of ether oxygens (including phenoxy) is 1. The first-order valence-corrected chi connectivity index (χ1v) is 13.5. The molecule has 0 N–H and O–H groups in total. The summed E-state index contributed by atoms with van der Waals surface area (Å²) in [5.41, 5.74) is 2.82. The van der Waals surface area contributed by atoms with Crippen LogP contribution in [0.25, 0.3) is 16.8 Å². The van der Waals surface area contributed by atoms with Crippen LogP contribution in [0.3, 0.4) is 0 Å². The fourth-order valence-electron chi connectivity index (χ4n) is 3.79. The van der Waals surface area contributed by atoms with Gasteiger partial charge in [0, 0.05) is 0 Å². The number of amides is 1. The van der Waals surface area contributed by atoms with Gasteiger partial charge in [0.15, 0.2) is 4.32 Å². The van der Waals surface area contributed by atoms with Crippen LogP contribution < -0.4 is 9.64 Å². The molecule has 3 nitrogen and oxygen atoms in total. The Labute approximate surface area is 229 Å². The van der Waals surface area contributed by atoms with Crippen LogP contribution in [-0.4, -0.2) is 10.2 Å². The SMILES string of the molecule is O=C1/C(=C\c2cc(Br)c(OCc3cccc4ccccc34)c(I)c2)SC(=S)N1c1ccccc1. The summed E-state index contributed by atoms with van der Waals surface area (Å²) in [5, 5.41) is 2.38. The van der Waals surface area contributed by atoms with E-state index in [1.54, 1.807) is 4.90 Å². The average Bonchev–Trinajstić information content (AvgIpc) is 3.11. The summed E-state index contributed by atoms with van der Waals surface area (Å²) in [6.45, 7) is 0.463. The molecule has 0 aromatic heterocycles. The number of hydrogen-bond acceptors (Lipinski definition) is 4. The van der Waals surface area contributed by atoms with Crippen LogP contribution in [0, 0.1) is 3.57 Å². The summed E-state index contributed by atoms with van der Waals surface area (Å²) < 4.78 is 8.55. The minimum absolute atomic E-state index is 0.108. The highest BCUT2D eigenvalue weighted by atomic mass is 127. The van der Waals surface area contributed by atoms with Crippen molar-refractivity contribution in [3.63, 3.8) is 0 Å². The zero-order valence-corrected chi connectivity index (χ0v) is 23.1. The van der Waals surface area contributed by atoms with Crippen LogP contribution in [0.5, 0.6) is 5.75 Å². The van der Waals surface area contributed by atoms with Crippen molar-refractivity contribution in [1.82, 2.24) is 0 Å². The van der Waals surface area contributed by atoms with Crippen molar-refractivity contribution >= 4 is 95.3 Å². The molecular formula is C27H17BrINO2S2. The lowest BCUT2D eigenvalue weighted by atomic mass is 10.1. The monoisotopic (exact) mass is 657 g/mol. The summed E-state index contributed by atoms with van der Waals surface area (Å²) in [7, 11) is 0. The molecule has 1 aliphatic heterocycles. The number of carbonyl (C=O) groups is 1. The molecule has 34 heavy (non-hydrogen) atoms. The second-order valence-electron chi connectivity index (χ2n) is 7.59. The first-order valence-electron chi connectivity index (χ1n) is 10.4. The van der Waals surface area contributed by atoms with E-state index in [9.17, 15) is 4.79 Å². The maximum Gasteiger partial charge on any atom is 0.270 e. The largest absolute Gasteiger partial charge is 0.487 e. The molecule has 4 aromatic carbocycles. The molecule has 0 saturated carbocycles. The molecule has 0 atom stereocenters. The maximum atomic E-state index is 13.0. The van der Waals surface area contributed by atoms with Crippen molar-refractivity contribution in [2.75, 3.05) is 4.90 Å². The molecule has 1 heterocycles. The molecule has 0 spiro atoms. The van der Waals surface area contributed by atoms with E-state index in [2.05, 4.69) is 68.9 Å². The van der Waals surface area contributed by atoms with Gasteiger partial charge in [0.1, 0.15) is 12.4 Å². The third-order valence-corrected chi connectivity index (χ3v) is 8.07. The lowest BCUT2D eigenvalue weighted by Crippen LogP contribution is -2.27. The van der Waals surface area contributed by atoms with Crippen molar-refractivity contribution in [2.45, 2.75) is 6.61 Å². The number of fused-ring (bicyclic) bond motifs is 1. The number of rotatable bonds is 5. The van der Waals surface area contributed by atoms with Gasteiger partial charge in [-0.3, -0.25) is 9.69 Å². The van der Waals surface area contributed by atoms with Gasteiger partial charge >= 0.3 is 0 Å². The normalized spacial score (nSPS) is 14.9. The predicted octanol–water partition coefficient (Wildman–Crippen LogP) is 8.19. The second-order valence-corrected chi connectivity index (χ2v) is 11.3. The highest BCUT2D eigenvalue weighted by Crippen LogP contribution is 2.38. The highest BCUT2D eigenvalue weighted by molar-refractivity contribution is 14.1. The molecular weight excluding hydrogens is 641 g/mol. The van der Waals surface area contributed by atoms with Gasteiger partial charge in [0.25, 0.3) is 5.91 Å². The number of carbonyl (C=O) groups excluding carboxylic acids is 1. The van der Waals surface area contributed by atoms with Gasteiger partial charge in [-0.15, -0.1) is 0 Å². The van der Waals surface area contributed by atoms with Crippen LogP contribution >= 0.6 is 62.5 Å². The van der Waals surface area contributed by atoms with E-state index < -0.39 is 0 Å². The number of para-hydroxylation sites is 1. The topological polar surface area (TPSA) is 29.5 Å². The van der Waals surface area contributed by atoms with E-state index in [0.717, 1.165) is 30.6 Å². The number of hydrogen-bond donors (Lipinski definition) is 0. The van der Waals surface area contributed by atoms with Gasteiger partial charge in [-0.25, -0.2) is 0 Å². The number of anilines is 1. The Hall–Kier alpha value is -2.20. The van der Waals surface area contributed by atoms with E-state index in [4.69, 9.17) is 17.0 Å². The summed E-state index contributed by atoms with van der Waals surface area (Å²) in [6.07, 6.45) is 1.88. The van der Waals surface area contributed by atoms with Gasteiger partial charge in [0.05, 0.1) is 18.6 Å². The Morgan fingerprint density at radius 3 is 2.53 bits per heavy atom. The number of thioether (sulfide) groups is 1. The van der Waals surface area contributed by atoms with Crippen molar-refractivity contribution < 1.29 is 9.53 Å². The quantitative estimate of drug-likeness (QED) is 0.123. The Kier molecular flexibility index (Phi) is 7.06. The molecule has 7 heteroatoms. The Balaban J connectivity index is 1.38. The lowest BCUT2D eigenvalue weighted by molar-refractivity contribution is -0.113. The van der Waals surface area contributed by atoms with Gasteiger partial charge in [0.2, 0.25) is 0 Å². The van der Waals surface area contributed by atoms with Crippen LogP contribution in [0.2, 0.25) is 0 Å². The smallest absolute Gasteiger partial charge is 0.270 e. The summed E-state index contributed by atoms with van der Waals surface area (Å²) in [4.78, 5) is 15.2. The second kappa shape index (κ2) is 10.2. The van der Waals surface area contributed by atoms with E-state index in [1.807, 2.05) is 60.7 Å². The lowest BCUT2D eigenvalue weighted by Gasteiger charge is -2.14. The standard InChI is InChI=1S/C27H17BrINO2S2/c28-22-13-17(15-24-26(31)30(27(33)34-24)20-10-2-1-3-11-20)14-23(29)25(22)32-16-19-9-6-8-18-7-4-5-12-21(18)19/h1-15H,16H2/b24-15+. The molecule has 1 aliphatic rings. The van der Waals surface area contributed by atoms with Crippen molar-refractivity contribution in [3.8, 4) is 5.75 Å². The summed E-state index contributed by atoms with van der Waals surface area (Å²) >= 11 is 12.7. The van der Waals surface area contributed by atoms with Crippen LogP contribution in [0.1, 0.15) is 11.1 Å². The molecule has 4 aromatic rings. The molecule has 1 amide bonds. The molecule has 0 radical (unpaired) electrons. The molecule has 1 saturated heterocycles. The van der Waals surface area contributed by atoms with Crippen LogP contribution in [0.4, 0.5) is 5.69 Å². The van der Waals surface area contributed by atoms with Gasteiger partial charge in [-0.2, -0.15) is 0 Å². The Morgan fingerprint density at radius 1 is 1.00 bits per heavy atom. The minimum atomic E-state index is -0.108. The van der Waals surface area contributed by atoms with Gasteiger partial charge in [-0.1, -0.05) is 84.6 Å². The molecule has 0 bridgehead atoms. The molecule has 5 rings (SSSR count). The summed E-state index contributed by atoms with van der Waals surface area (Å²) in [5.74, 6) is 0.672. The average molecular weight is 658 g/mol. The number of nitrogens with zero attached hydrogens (tertiary/aromatic N) is 1. The van der Waals surface area contributed by atoms with Crippen molar-refractivity contribution in [3.05, 3.63) is 109 Å². The third-order valence-electron chi connectivity index (χ3n) is 5.38. The van der Waals surface area contributed by atoms with E-state index >= 15 is 0 Å². The fourth-order valence-corrected chi connectivity index (χ4v) is 6.86. The van der Waals surface area contributed by atoms with Crippen molar-refractivity contribution in [1.29, 1.82) is 0 Å². The maximum absolute atomic E-state index is 13.0.